The van der Waals surface area contributed by atoms with Crippen LogP contribution in [0.15, 0.2) is 18.5 Å². The van der Waals surface area contributed by atoms with Crippen molar-refractivity contribution in [2.75, 3.05) is 0 Å². The first kappa shape index (κ1) is 12.9. The van der Waals surface area contributed by atoms with E-state index in [2.05, 4.69) is 4.98 Å². The lowest BCUT2D eigenvalue weighted by Crippen LogP contribution is -2.08. The summed E-state index contributed by atoms with van der Waals surface area (Å²) >= 11 is 0. The molecule has 0 fully saturated rings. The average molecular weight is 205 g/mol. The number of nitrogens with zero attached hydrogens (tertiary/aromatic N) is 1. The molecule has 1 rings (SSSR count). The monoisotopic (exact) mass is 205 g/mol. The van der Waals surface area contributed by atoms with Gasteiger partial charge in [0.25, 0.3) is 0 Å². The minimum absolute atomic E-state index is 0.241. The van der Waals surface area contributed by atoms with Crippen molar-refractivity contribution in [2.24, 2.45) is 0 Å². The highest BCUT2D eigenvalue weighted by Gasteiger charge is 2.32. The smallest absolute Gasteiger partial charge is 0.264 e. The summed E-state index contributed by atoms with van der Waals surface area (Å²) < 4.78 is 36.6. The van der Waals surface area contributed by atoms with E-state index in [1.165, 1.54) is 6.20 Å². The van der Waals surface area contributed by atoms with Crippen LogP contribution in [-0.4, -0.2) is 4.98 Å². The molecule has 80 valence electrons. The normalized spacial score (nSPS) is 10.4. The zero-order chi connectivity index (χ0) is 11.2. The van der Waals surface area contributed by atoms with E-state index >= 15 is 0 Å². The minimum Gasteiger partial charge on any atom is -0.264 e. The Balaban J connectivity index is 0.000000791. The largest absolute Gasteiger partial charge is 0.416 e. The second-order valence-electron chi connectivity index (χ2n) is 2.38. The molecule has 0 unspecified atom stereocenters. The first-order valence-electron chi connectivity index (χ1n) is 4.55. The third-order valence-electron chi connectivity index (χ3n) is 1.59. The van der Waals surface area contributed by atoms with E-state index in [0.717, 1.165) is 12.3 Å². The second-order valence-corrected chi connectivity index (χ2v) is 2.38. The van der Waals surface area contributed by atoms with Gasteiger partial charge in [-0.05, 0) is 18.1 Å². The van der Waals surface area contributed by atoms with Crippen molar-refractivity contribution in [1.29, 1.82) is 0 Å². The zero-order valence-electron chi connectivity index (χ0n) is 8.52. The number of halogens is 3. The van der Waals surface area contributed by atoms with E-state index in [9.17, 15) is 13.2 Å². The molecular weight excluding hydrogens is 191 g/mol. The van der Waals surface area contributed by atoms with Crippen LogP contribution in [0.25, 0.3) is 0 Å². The van der Waals surface area contributed by atoms with Gasteiger partial charge in [0.2, 0.25) is 0 Å². The van der Waals surface area contributed by atoms with E-state index in [4.69, 9.17) is 0 Å². The number of hydrogen-bond donors (Lipinski definition) is 0. The highest BCUT2D eigenvalue weighted by atomic mass is 19.4. The lowest BCUT2D eigenvalue weighted by Gasteiger charge is -2.09. The van der Waals surface area contributed by atoms with E-state index in [1.807, 2.05) is 13.8 Å². The van der Waals surface area contributed by atoms with Gasteiger partial charge in [0.1, 0.15) is 0 Å². The molecule has 14 heavy (non-hydrogen) atoms. The van der Waals surface area contributed by atoms with Gasteiger partial charge < -0.3 is 0 Å². The fraction of sp³-hybridized carbons (Fsp3) is 0.500. The standard InChI is InChI=1S/C8H8F3N.C2H6/c1-2-6-5-12-4-3-7(6)8(9,10)11;1-2/h3-5H,2H2,1H3;1-2H3. The highest BCUT2D eigenvalue weighted by molar-refractivity contribution is 5.25. The van der Waals surface area contributed by atoms with Crippen LogP contribution >= 0.6 is 0 Å². The summed E-state index contributed by atoms with van der Waals surface area (Å²) in [5, 5.41) is 0. The first-order chi connectivity index (χ1) is 6.55. The topological polar surface area (TPSA) is 12.9 Å². The van der Waals surface area contributed by atoms with Crippen LogP contribution in [0.5, 0.6) is 0 Å². The Labute approximate surface area is 82.0 Å². The zero-order valence-corrected chi connectivity index (χ0v) is 8.52. The molecule has 1 nitrogen and oxygen atoms in total. The molecule has 0 spiro atoms. The quantitative estimate of drug-likeness (QED) is 0.681. The summed E-state index contributed by atoms with van der Waals surface area (Å²) in [5.74, 6) is 0. The molecule has 0 atom stereocenters. The van der Waals surface area contributed by atoms with Crippen LogP contribution in [0.4, 0.5) is 13.2 Å². The Kier molecular flexibility index (Phi) is 5.20. The first-order valence-corrected chi connectivity index (χ1v) is 4.55. The average Bonchev–Trinajstić information content (AvgIpc) is 2.19. The summed E-state index contributed by atoms with van der Waals surface area (Å²) in [4.78, 5) is 3.63. The van der Waals surface area contributed by atoms with Gasteiger partial charge in [0, 0.05) is 12.4 Å². The predicted molar refractivity (Wildman–Crippen MR) is 50.0 cm³/mol. The van der Waals surface area contributed by atoms with E-state index in [1.54, 1.807) is 6.92 Å². The van der Waals surface area contributed by atoms with Crippen molar-refractivity contribution in [1.82, 2.24) is 4.98 Å². The van der Waals surface area contributed by atoms with Gasteiger partial charge in [-0.25, -0.2) is 0 Å². The molecular formula is C10H14F3N. The Hall–Kier alpha value is -1.06. The van der Waals surface area contributed by atoms with Crippen LogP contribution in [0.3, 0.4) is 0 Å². The Morgan fingerprint density at radius 3 is 2.21 bits per heavy atom. The van der Waals surface area contributed by atoms with Crippen LogP contribution in [0, 0.1) is 0 Å². The minimum atomic E-state index is -4.26. The van der Waals surface area contributed by atoms with Crippen molar-refractivity contribution in [3.8, 4) is 0 Å². The van der Waals surface area contributed by atoms with E-state index < -0.39 is 11.7 Å². The van der Waals surface area contributed by atoms with Gasteiger partial charge in [-0.2, -0.15) is 13.2 Å². The molecule has 0 aliphatic carbocycles. The van der Waals surface area contributed by atoms with Gasteiger partial charge in [0.05, 0.1) is 5.56 Å². The number of aromatic nitrogens is 1. The molecule has 0 radical (unpaired) electrons. The second kappa shape index (κ2) is 5.62. The third kappa shape index (κ3) is 3.36. The summed E-state index contributed by atoms with van der Waals surface area (Å²) in [6.07, 6.45) is -1.50. The van der Waals surface area contributed by atoms with Crippen molar-refractivity contribution in [3.05, 3.63) is 29.6 Å². The van der Waals surface area contributed by atoms with Crippen LogP contribution in [0.2, 0.25) is 0 Å². The number of pyridine rings is 1. The van der Waals surface area contributed by atoms with Crippen LogP contribution in [0.1, 0.15) is 31.9 Å². The lowest BCUT2D eigenvalue weighted by molar-refractivity contribution is -0.138. The van der Waals surface area contributed by atoms with E-state index in [0.29, 0.717) is 6.42 Å². The maximum Gasteiger partial charge on any atom is 0.416 e. The van der Waals surface area contributed by atoms with Crippen LogP contribution in [-0.2, 0) is 12.6 Å². The fourth-order valence-corrected chi connectivity index (χ4v) is 0.985. The summed E-state index contributed by atoms with van der Waals surface area (Å²) in [6, 6.07) is 0.999. The number of alkyl halides is 3. The molecule has 1 heterocycles. The van der Waals surface area contributed by atoms with Gasteiger partial charge in [-0.15, -0.1) is 0 Å². The molecule has 4 heteroatoms. The van der Waals surface area contributed by atoms with Gasteiger partial charge in [-0.1, -0.05) is 20.8 Å². The Morgan fingerprint density at radius 2 is 1.86 bits per heavy atom. The molecule has 0 N–H and O–H groups in total. The summed E-state index contributed by atoms with van der Waals surface area (Å²) in [7, 11) is 0. The SMILES string of the molecule is CC.CCc1cnccc1C(F)(F)F. The number of hydrogen-bond acceptors (Lipinski definition) is 1. The van der Waals surface area contributed by atoms with Crippen molar-refractivity contribution in [3.63, 3.8) is 0 Å². The molecule has 0 bridgehead atoms. The fourth-order valence-electron chi connectivity index (χ4n) is 0.985. The number of aryl methyl sites for hydroxylation is 1. The number of rotatable bonds is 1. The predicted octanol–water partition coefficient (Wildman–Crippen LogP) is 3.69. The van der Waals surface area contributed by atoms with Crippen molar-refractivity contribution >= 4 is 0 Å². The molecule has 1 aromatic heterocycles. The van der Waals surface area contributed by atoms with Gasteiger partial charge in [0.15, 0.2) is 0 Å². The molecule has 0 amide bonds. The molecule has 0 aliphatic heterocycles. The Bertz CT molecular complexity index is 268. The molecule has 0 aliphatic rings. The van der Waals surface area contributed by atoms with Crippen LogP contribution < -0.4 is 0 Å². The maximum atomic E-state index is 12.2. The highest BCUT2D eigenvalue weighted by Crippen LogP contribution is 2.31. The van der Waals surface area contributed by atoms with Crippen molar-refractivity contribution in [2.45, 2.75) is 33.4 Å². The lowest BCUT2D eigenvalue weighted by atomic mass is 10.1. The summed E-state index contributed by atoms with van der Waals surface area (Å²) in [6.45, 7) is 5.67. The third-order valence-corrected chi connectivity index (χ3v) is 1.59. The van der Waals surface area contributed by atoms with Gasteiger partial charge >= 0.3 is 6.18 Å². The Morgan fingerprint density at radius 1 is 1.29 bits per heavy atom. The maximum absolute atomic E-state index is 12.2. The molecule has 1 aromatic rings. The molecule has 0 saturated carbocycles. The van der Waals surface area contributed by atoms with Crippen molar-refractivity contribution < 1.29 is 13.2 Å². The van der Waals surface area contributed by atoms with Gasteiger partial charge in [-0.3, -0.25) is 4.98 Å². The summed E-state index contributed by atoms with van der Waals surface area (Å²) in [5.41, 5.74) is -0.343. The van der Waals surface area contributed by atoms with E-state index in [-0.39, 0.29) is 5.56 Å². The molecule has 0 aromatic carbocycles. The molecule has 0 saturated heterocycles.